The largest absolute Gasteiger partial charge is 0.508 e. The molecule has 0 atom stereocenters. The lowest BCUT2D eigenvalue weighted by molar-refractivity contribution is 0.449. The van der Waals surface area contributed by atoms with Crippen LogP contribution in [0.5, 0.6) is 11.5 Å². The Kier molecular flexibility index (Phi) is 10.4. The predicted octanol–water partition coefficient (Wildman–Crippen LogP) is 6.06. The third-order valence-corrected chi connectivity index (χ3v) is 3.71. The molecule has 23 heavy (non-hydrogen) atoms. The van der Waals surface area contributed by atoms with E-state index in [0.29, 0.717) is 0 Å². The van der Waals surface area contributed by atoms with E-state index in [1.165, 1.54) is 31.7 Å². The van der Waals surface area contributed by atoms with E-state index in [9.17, 15) is 10.2 Å². The normalized spacial score (nSPS) is 11.5. The zero-order valence-electron chi connectivity index (χ0n) is 14.1. The molecule has 126 valence electrons. The molecular formula is C21H30O2. The molecule has 0 amide bonds. The number of rotatable bonds is 12. The van der Waals surface area contributed by atoms with Crippen molar-refractivity contribution in [2.45, 2.75) is 57.8 Å². The van der Waals surface area contributed by atoms with Gasteiger partial charge in [0.05, 0.1) is 0 Å². The van der Waals surface area contributed by atoms with Crippen molar-refractivity contribution >= 4 is 0 Å². The molecule has 0 heterocycles. The summed E-state index contributed by atoms with van der Waals surface area (Å²) in [7, 11) is 0. The molecule has 1 rings (SSSR count). The van der Waals surface area contributed by atoms with Gasteiger partial charge in [0.25, 0.3) is 0 Å². The molecule has 1 aromatic rings. The molecule has 0 aromatic heterocycles. The Bertz CT molecular complexity index is 480. The highest BCUT2D eigenvalue weighted by Gasteiger charge is 1.99. The van der Waals surface area contributed by atoms with Gasteiger partial charge in [-0.3, -0.25) is 0 Å². The summed E-state index contributed by atoms with van der Waals surface area (Å²) in [5.74, 6) is 0.289. The molecular weight excluding hydrogens is 284 g/mol. The molecule has 2 nitrogen and oxygen atoms in total. The lowest BCUT2D eigenvalue weighted by atomic mass is 10.0. The second kappa shape index (κ2) is 12.6. The van der Waals surface area contributed by atoms with Crippen molar-refractivity contribution in [3.63, 3.8) is 0 Å². The van der Waals surface area contributed by atoms with Crippen molar-refractivity contribution in [2.75, 3.05) is 0 Å². The SMILES string of the molecule is C=CC/C=C\C/C=C\CCCCCCCc1cc(O)cc(O)c1. The number of hydrogen-bond donors (Lipinski definition) is 2. The van der Waals surface area contributed by atoms with Gasteiger partial charge in [0.15, 0.2) is 0 Å². The standard InChI is InChI=1S/C21H30O2/c1-2-3-4-5-6-7-8-9-10-11-12-13-14-15-19-16-20(22)18-21(23)17-19/h2,4-5,7-8,16-18,22-23H,1,3,6,9-15H2/b5-4-,8-7-. The van der Waals surface area contributed by atoms with Gasteiger partial charge in [-0.25, -0.2) is 0 Å². The van der Waals surface area contributed by atoms with Gasteiger partial charge in [-0.2, -0.15) is 0 Å². The molecule has 0 fully saturated rings. The third-order valence-electron chi connectivity index (χ3n) is 3.71. The van der Waals surface area contributed by atoms with Crippen LogP contribution in [0.25, 0.3) is 0 Å². The van der Waals surface area contributed by atoms with E-state index in [-0.39, 0.29) is 11.5 Å². The monoisotopic (exact) mass is 314 g/mol. The van der Waals surface area contributed by atoms with Gasteiger partial charge in [0, 0.05) is 6.07 Å². The minimum Gasteiger partial charge on any atom is -0.508 e. The van der Waals surface area contributed by atoms with Crippen LogP contribution < -0.4 is 0 Å². The number of aromatic hydroxyl groups is 2. The van der Waals surface area contributed by atoms with Crippen LogP contribution in [0.2, 0.25) is 0 Å². The minimum absolute atomic E-state index is 0.145. The molecule has 2 N–H and O–H groups in total. The van der Waals surface area contributed by atoms with Crippen LogP contribution >= 0.6 is 0 Å². The number of phenolic OH excluding ortho intramolecular Hbond substituents is 2. The summed E-state index contributed by atoms with van der Waals surface area (Å²) in [5, 5.41) is 18.8. The van der Waals surface area contributed by atoms with Crippen LogP contribution in [0.3, 0.4) is 0 Å². The average molecular weight is 314 g/mol. The summed E-state index contributed by atoms with van der Waals surface area (Å²) < 4.78 is 0. The quantitative estimate of drug-likeness (QED) is 0.363. The summed E-state index contributed by atoms with van der Waals surface area (Å²) in [6.45, 7) is 3.68. The van der Waals surface area contributed by atoms with Gasteiger partial charge in [0.2, 0.25) is 0 Å². The maximum Gasteiger partial charge on any atom is 0.119 e. The van der Waals surface area contributed by atoms with E-state index in [2.05, 4.69) is 30.9 Å². The number of phenols is 2. The highest BCUT2D eigenvalue weighted by Crippen LogP contribution is 2.22. The number of allylic oxidation sites excluding steroid dienone is 5. The van der Waals surface area contributed by atoms with E-state index in [1.807, 2.05) is 6.08 Å². The Hall–Kier alpha value is -1.96. The second-order valence-electron chi connectivity index (χ2n) is 5.87. The third kappa shape index (κ3) is 10.4. The molecule has 0 spiro atoms. The van der Waals surface area contributed by atoms with Crippen molar-refractivity contribution in [3.8, 4) is 11.5 Å². The molecule has 0 radical (unpaired) electrons. The van der Waals surface area contributed by atoms with Gasteiger partial charge in [-0.05, 0) is 56.2 Å². The molecule has 0 bridgehead atoms. The van der Waals surface area contributed by atoms with Crippen molar-refractivity contribution in [1.82, 2.24) is 0 Å². The van der Waals surface area contributed by atoms with Crippen LogP contribution in [0.4, 0.5) is 0 Å². The molecule has 0 unspecified atom stereocenters. The van der Waals surface area contributed by atoms with Crippen LogP contribution in [0.15, 0.2) is 55.2 Å². The van der Waals surface area contributed by atoms with E-state index < -0.39 is 0 Å². The van der Waals surface area contributed by atoms with Gasteiger partial charge in [-0.15, -0.1) is 6.58 Å². The number of aryl methyl sites for hydroxylation is 1. The predicted molar refractivity (Wildman–Crippen MR) is 98.9 cm³/mol. The fourth-order valence-electron chi connectivity index (χ4n) is 2.50. The zero-order valence-corrected chi connectivity index (χ0v) is 14.1. The van der Waals surface area contributed by atoms with Crippen molar-refractivity contribution in [2.24, 2.45) is 0 Å². The van der Waals surface area contributed by atoms with Crippen molar-refractivity contribution < 1.29 is 10.2 Å². The molecule has 2 heteroatoms. The van der Waals surface area contributed by atoms with Crippen molar-refractivity contribution in [1.29, 1.82) is 0 Å². The van der Waals surface area contributed by atoms with Crippen molar-refractivity contribution in [3.05, 3.63) is 60.7 Å². The van der Waals surface area contributed by atoms with E-state index in [0.717, 1.165) is 37.7 Å². The number of benzene rings is 1. The Morgan fingerprint density at radius 3 is 2.09 bits per heavy atom. The van der Waals surface area contributed by atoms with E-state index in [1.54, 1.807) is 12.1 Å². The highest BCUT2D eigenvalue weighted by atomic mass is 16.3. The van der Waals surface area contributed by atoms with E-state index >= 15 is 0 Å². The second-order valence-corrected chi connectivity index (χ2v) is 5.87. The molecule has 1 aromatic carbocycles. The molecule has 0 aliphatic heterocycles. The molecule has 0 aliphatic rings. The molecule has 0 saturated carbocycles. The topological polar surface area (TPSA) is 40.5 Å². The summed E-state index contributed by atoms with van der Waals surface area (Å²) in [6, 6.07) is 4.83. The van der Waals surface area contributed by atoms with Gasteiger partial charge in [-0.1, -0.05) is 49.6 Å². The number of unbranched alkanes of at least 4 members (excludes halogenated alkanes) is 5. The summed E-state index contributed by atoms with van der Waals surface area (Å²) in [6.07, 6.45) is 20.8. The number of hydrogen-bond acceptors (Lipinski definition) is 2. The summed E-state index contributed by atoms with van der Waals surface area (Å²) >= 11 is 0. The lowest BCUT2D eigenvalue weighted by Gasteiger charge is -2.04. The smallest absolute Gasteiger partial charge is 0.119 e. The fraction of sp³-hybridized carbons (Fsp3) is 0.429. The first kappa shape index (κ1) is 19.1. The summed E-state index contributed by atoms with van der Waals surface area (Å²) in [5.41, 5.74) is 1.01. The Balaban J connectivity index is 1.97. The fourth-order valence-corrected chi connectivity index (χ4v) is 2.50. The zero-order chi connectivity index (χ0) is 16.8. The Morgan fingerprint density at radius 2 is 1.35 bits per heavy atom. The lowest BCUT2D eigenvalue weighted by Crippen LogP contribution is -1.86. The summed E-state index contributed by atoms with van der Waals surface area (Å²) in [4.78, 5) is 0. The maximum atomic E-state index is 9.42. The average Bonchev–Trinajstić information content (AvgIpc) is 2.51. The van der Waals surface area contributed by atoms with E-state index in [4.69, 9.17) is 0 Å². The van der Waals surface area contributed by atoms with Crippen LogP contribution in [0.1, 0.15) is 56.9 Å². The first-order valence-corrected chi connectivity index (χ1v) is 8.65. The molecule has 0 saturated heterocycles. The maximum absolute atomic E-state index is 9.42. The Morgan fingerprint density at radius 1 is 0.739 bits per heavy atom. The van der Waals surface area contributed by atoms with Crippen LogP contribution in [-0.2, 0) is 6.42 Å². The van der Waals surface area contributed by atoms with Gasteiger partial charge >= 0.3 is 0 Å². The first-order valence-electron chi connectivity index (χ1n) is 8.65. The highest BCUT2D eigenvalue weighted by molar-refractivity contribution is 5.36. The van der Waals surface area contributed by atoms with Gasteiger partial charge < -0.3 is 10.2 Å². The van der Waals surface area contributed by atoms with Crippen LogP contribution in [0, 0.1) is 0 Å². The first-order chi connectivity index (χ1) is 11.2. The van der Waals surface area contributed by atoms with Crippen LogP contribution in [-0.4, -0.2) is 10.2 Å². The molecule has 0 aliphatic carbocycles. The minimum atomic E-state index is 0.145. The van der Waals surface area contributed by atoms with Gasteiger partial charge in [0.1, 0.15) is 11.5 Å². The Labute approximate surface area is 140 Å².